The van der Waals surface area contributed by atoms with Gasteiger partial charge in [-0.05, 0) is 99.3 Å². The van der Waals surface area contributed by atoms with Crippen LogP contribution in [0.2, 0.25) is 0 Å². The average Bonchev–Trinajstić information content (AvgIpc) is 3.63. The van der Waals surface area contributed by atoms with Gasteiger partial charge >= 0.3 is 0 Å². The zero-order chi connectivity index (χ0) is 35.2. The van der Waals surface area contributed by atoms with E-state index in [0.717, 1.165) is 27.0 Å². The largest absolute Gasteiger partial charge is 0.322 e. The van der Waals surface area contributed by atoms with Crippen molar-refractivity contribution in [3.8, 4) is 11.3 Å². The molecule has 0 unspecified atom stereocenters. The number of aromatic nitrogens is 4. The molecule has 0 saturated carbocycles. The molecular weight excluding hydrogens is 727 g/mol. The summed E-state index contributed by atoms with van der Waals surface area (Å²) in [5.74, 6) is 0. The maximum absolute atomic E-state index is 12.7. The van der Waals surface area contributed by atoms with Crippen molar-refractivity contribution in [1.29, 1.82) is 0 Å². The molecule has 6 aromatic rings. The lowest BCUT2D eigenvalue weighted by Gasteiger charge is -2.08. The molecule has 0 bridgehead atoms. The second-order valence-electron chi connectivity index (χ2n) is 11.4. The summed E-state index contributed by atoms with van der Waals surface area (Å²) >= 11 is 3.40. The summed E-state index contributed by atoms with van der Waals surface area (Å²) in [6.45, 7) is 10.1. The first kappa shape index (κ1) is 39.1. The minimum absolute atomic E-state index is 0. The molecule has 2 aromatic heterocycles. The molecule has 0 aliphatic carbocycles. The molecule has 0 N–H and O–H groups in total. The number of aryl methyl sites for hydroxylation is 5. The number of nitrogens with zero attached hydrogens (tertiary/aromatic N) is 4. The van der Waals surface area contributed by atoms with Crippen molar-refractivity contribution in [2.75, 3.05) is 0 Å². The Labute approximate surface area is 298 Å². The normalized spacial score (nSPS) is 11.0. The van der Waals surface area contributed by atoms with E-state index in [1.807, 2.05) is 39.0 Å². The Kier molecular flexibility index (Phi) is 13.0. The fourth-order valence-corrected chi connectivity index (χ4v) is 7.92. The van der Waals surface area contributed by atoms with Gasteiger partial charge < -0.3 is 9.13 Å². The van der Waals surface area contributed by atoms with Crippen LogP contribution in [0.4, 0.5) is 4.70 Å². The van der Waals surface area contributed by atoms with E-state index in [0.29, 0.717) is 0 Å². The van der Waals surface area contributed by atoms with Crippen molar-refractivity contribution in [2.24, 2.45) is 14.1 Å². The summed E-state index contributed by atoms with van der Waals surface area (Å²) in [6, 6.07) is 29.0. The van der Waals surface area contributed by atoms with Crippen LogP contribution in [0.25, 0.3) is 11.3 Å². The Hall–Kier alpha value is -4.39. The molecule has 2 heterocycles. The summed E-state index contributed by atoms with van der Waals surface area (Å²) in [5.41, 5.74) is 7.60. The van der Waals surface area contributed by atoms with Gasteiger partial charge in [0.2, 0.25) is 30.0 Å². The lowest BCUT2D eigenvalue weighted by atomic mass is 10.0. The van der Waals surface area contributed by atoms with E-state index < -0.39 is 19.7 Å². The third kappa shape index (κ3) is 9.00. The van der Waals surface area contributed by atoms with E-state index in [-0.39, 0.29) is 26.2 Å². The molecule has 8 nitrogen and oxygen atoms in total. The minimum Gasteiger partial charge on any atom is -0.322 e. The molecular formula is C37H42BrFN4O4S2. The highest BCUT2D eigenvalue weighted by Crippen LogP contribution is 2.27. The van der Waals surface area contributed by atoms with Gasteiger partial charge in [-0.15, -0.1) is 0 Å². The molecule has 0 saturated heterocycles. The average molecular weight is 771 g/mol. The first-order chi connectivity index (χ1) is 22.6. The maximum Gasteiger partial charge on any atom is 0.240 e. The van der Waals surface area contributed by atoms with E-state index in [4.69, 9.17) is 0 Å². The Bertz CT molecular complexity index is 2260. The van der Waals surface area contributed by atoms with Crippen molar-refractivity contribution in [3.63, 3.8) is 0 Å². The van der Waals surface area contributed by atoms with Crippen LogP contribution in [-0.4, -0.2) is 35.9 Å². The molecule has 4 aromatic carbocycles. The number of hydrogen-bond donors (Lipinski definition) is 0. The standard InChI is InChI=1S/C18H18N2O2S.C11H12N2O2S.C8H9Br.FH.H2/c1-13-9-10-15(11-14(13)2)17-12-19-18(20(17)3)23(21,22)16-7-5-4-6-8-16;1-9-8-12-11(13(9)2)16(14,15)10-6-4-3-5-7-10;1-6-3-4-8(9)5-7(6)2;;/h4-12H,1-3H3;3-8H,1-2H3;3-5H,1-2H3;2*1H/i;;;;1+1. The lowest BCUT2D eigenvalue weighted by molar-refractivity contribution is 0.577. The smallest absolute Gasteiger partial charge is 0.240 e. The van der Waals surface area contributed by atoms with Gasteiger partial charge in [-0.2, -0.15) is 0 Å². The lowest BCUT2D eigenvalue weighted by Crippen LogP contribution is -2.09. The number of benzene rings is 4. The first-order valence-electron chi connectivity index (χ1n) is 15.0. The number of imidazole rings is 2. The molecule has 0 spiro atoms. The van der Waals surface area contributed by atoms with Crippen LogP contribution in [0, 0.1) is 34.6 Å². The fourth-order valence-electron chi connectivity index (χ4n) is 4.65. The van der Waals surface area contributed by atoms with Gasteiger partial charge in [-0.25, -0.2) is 26.8 Å². The Morgan fingerprint density at radius 2 is 1.02 bits per heavy atom. The van der Waals surface area contributed by atoms with E-state index >= 15 is 0 Å². The second kappa shape index (κ2) is 16.3. The third-order valence-electron chi connectivity index (χ3n) is 7.98. The molecule has 0 fully saturated rings. The van der Waals surface area contributed by atoms with Crippen molar-refractivity contribution in [1.82, 2.24) is 19.1 Å². The molecule has 0 amide bonds. The molecule has 0 atom stereocenters. The van der Waals surface area contributed by atoms with Crippen LogP contribution in [0.5, 0.6) is 0 Å². The van der Waals surface area contributed by atoms with Crippen molar-refractivity contribution >= 4 is 35.6 Å². The molecule has 49 heavy (non-hydrogen) atoms. The highest BCUT2D eigenvalue weighted by molar-refractivity contribution is 9.10. The van der Waals surface area contributed by atoms with E-state index in [2.05, 4.69) is 57.9 Å². The van der Waals surface area contributed by atoms with Gasteiger partial charge in [0.25, 0.3) is 0 Å². The van der Waals surface area contributed by atoms with Gasteiger partial charge in [-0.3, -0.25) is 4.70 Å². The van der Waals surface area contributed by atoms with Crippen LogP contribution in [0.1, 0.15) is 29.4 Å². The van der Waals surface area contributed by atoms with Gasteiger partial charge in [-0.1, -0.05) is 70.5 Å². The Morgan fingerprint density at radius 1 is 0.571 bits per heavy atom. The summed E-state index contributed by atoms with van der Waals surface area (Å²) in [4.78, 5) is 8.62. The Morgan fingerprint density at radius 3 is 1.45 bits per heavy atom. The quantitative estimate of drug-likeness (QED) is 0.174. The highest BCUT2D eigenvalue weighted by Gasteiger charge is 2.24. The van der Waals surface area contributed by atoms with E-state index in [1.165, 1.54) is 16.7 Å². The number of rotatable bonds is 5. The van der Waals surface area contributed by atoms with Gasteiger partial charge in [0.15, 0.2) is 0 Å². The maximum atomic E-state index is 12.7. The van der Waals surface area contributed by atoms with Crippen molar-refractivity contribution in [2.45, 2.75) is 54.7 Å². The summed E-state index contributed by atoms with van der Waals surface area (Å²) < 4.78 is 54.2. The van der Waals surface area contributed by atoms with Gasteiger partial charge in [0.05, 0.1) is 21.7 Å². The molecule has 6 rings (SSSR count). The highest BCUT2D eigenvalue weighted by atomic mass is 79.9. The van der Waals surface area contributed by atoms with Gasteiger partial charge in [0.1, 0.15) is 0 Å². The fraction of sp³-hybridized carbons (Fsp3) is 0.189. The topological polar surface area (TPSA) is 104 Å². The predicted molar refractivity (Wildman–Crippen MR) is 198 cm³/mol. The van der Waals surface area contributed by atoms with Crippen LogP contribution in [0.3, 0.4) is 0 Å². The number of sulfone groups is 2. The van der Waals surface area contributed by atoms with Crippen LogP contribution < -0.4 is 0 Å². The first-order valence-corrected chi connectivity index (χ1v) is 18.8. The van der Waals surface area contributed by atoms with Gasteiger partial charge in [0, 0.05) is 37.4 Å². The van der Waals surface area contributed by atoms with Crippen LogP contribution >= 0.6 is 15.9 Å². The van der Waals surface area contributed by atoms with Crippen molar-refractivity contribution < 1.29 is 23.0 Å². The molecule has 260 valence electrons. The second-order valence-corrected chi connectivity index (χ2v) is 16.0. The van der Waals surface area contributed by atoms with Crippen molar-refractivity contribution in [3.05, 3.63) is 142 Å². The van der Waals surface area contributed by atoms with E-state index in [9.17, 15) is 16.8 Å². The molecule has 12 heteroatoms. The number of hydrogen-bond acceptors (Lipinski definition) is 6. The monoisotopic (exact) mass is 769 g/mol. The van der Waals surface area contributed by atoms with Crippen LogP contribution in [0.15, 0.2) is 134 Å². The zero-order valence-corrected chi connectivity index (χ0v) is 31.6. The summed E-state index contributed by atoms with van der Waals surface area (Å²) in [6.07, 6.45) is 3.16. The predicted octanol–water partition coefficient (Wildman–Crippen LogP) is 8.56. The molecule has 0 radical (unpaired) electrons. The zero-order valence-electron chi connectivity index (χ0n) is 28.4. The summed E-state index contributed by atoms with van der Waals surface area (Å²) in [5, 5.41) is 0.133. The SMILES string of the molecule is Cc1ccc(-c2cnc(S(=O)(=O)c3ccccc3)n2C)cc1C.Cc1ccc(Br)cc1C.Cc1cnc(S(=O)(=O)c2ccccc2)n1C.F.[2HH]. The number of halogens is 2. The summed E-state index contributed by atoms with van der Waals surface area (Å²) in [7, 11) is -3.70. The molecule has 0 aliphatic rings. The molecule has 0 aliphatic heterocycles. The van der Waals surface area contributed by atoms with Crippen LogP contribution in [-0.2, 0) is 33.8 Å². The van der Waals surface area contributed by atoms with E-state index in [1.54, 1.807) is 96.3 Å². The third-order valence-corrected chi connectivity index (χ3v) is 12.0. The minimum atomic E-state index is -3.62. The Balaban J connectivity index is 0.000000280.